The van der Waals surface area contributed by atoms with Crippen molar-refractivity contribution in [3.8, 4) is 0 Å². The van der Waals surface area contributed by atoms with Crippen LogP contribution in [0.1, 0.15) is 29.9 Å². The fourth-order valence-corrected chi connectivity index (χ4v) is 2.14. The van der Waals surface area contributed by atoms with Gasteiger partial charge < -0.3 is 10.6 Å². The Labute approximate surface area is 142 Å². The molecule has 0 bridgehead atoms. The van der Waals surface area contributed by atoms with E-state index in [1.54, 1.807) is 12.3 Å². The molecule has 23 heavy (non-hydrogen) atoms. The summed E-state index contributed by atoms with van der Waals surface area (Å²) >= 11 is 5.85. The lowest BCUT2D eigenvalue weighted by Gasteiger charge is -2.09. The van der Waals surface area contributed by atoms with Gasteiger partial charge in [0.1, 0.15) is 5.69 Å². The maximum absolute atomic E-state index is 12.1. The van der Waals surface area contributed by atoms with Gasteiger partial charge in [-0.25, -0.2) is 4.98 Å². The van der Waals surface area contributed by atoms with E-state index in [-0.39, 0.29) is 5.91 Å². The maximum atomic E-state index is 12.1. The predicted octanol–water partition coefficient (Wildman–Crippen LogP) is 3.78. The molecular weight excluding hydrogens is 310 g/mol. The van der Waals surface area contributed by atoms with Crippen molar-refractivity contribution in [2.24, 2.45) is 5.92 Å². The topological polar surface area (TPSA) is 54.0 Å². The number of rotatable bonds is 7. The van der Waals surface area contributed by atoms with Gasteiger partial charge in [-0.15, -0.1) is 0 Å². The molecule has 0 saturated carbocycles. The van der Waals surface area contributed by atoms with Gasteiger partial charge >= 0.3 is 0 Å². The number of halogens is 1. The summed E-state index contributed by atoms with van der Waals surface area (Å²) in [5, 5.41) is 6.87. The van der Waals surface area contributed by atoms with Crippen LogP contribution < -0.4 is 10.6 Å². The molecule has 0 fully saturated rings. The molecule has 0 spiro atoms. The minimum absolute atomic E-state index is 0.158. The van der Waals surface area contributed by atoms with Crippen LogP contribution in [-0.4, -0.2) is 24.0 Å². The standard InChI is InChI=1S/C18H22ClN3O/c1-13(2)11-21-16-7-8-17(22-12-16)18(23)20-10-9-14-3-5-15(19)6-4-14/h3-8,12-13,21H,9-11H2,1-2H3,(H,20,23). The molecule has 0 aliphatic carbocycles. The van der Waals surface area contributed by atoms with Crippen LogP contribution in [-0.2, 0) is 6.42 Å². The number of carbonyl (C=O) groups is 1. The van der Waals surface area contributed by atoms with Crippen molar-refractivity contribution < 1.29 is 4.79 Å². The molecule has 5 heteroatoms. The van der Waals surface area contributed by atoms with E-state index < -0.39 is 0 Å². The number of nitrogens with one attached hydrogen (secondary N) is 2. The van der Waals surface area contributed by atoms with Gasteiger partial charge in [0.25, 0.3) is 5.91 Å². The number of nitrogens with zero attached hydrogens (tertiary/aromatic N) is 1. The average Bonchev–Trinajstić information content (AvgIpc) is 2.55. The predicted molar refractivity (Wildman–Crippen MR) is 95.1 cm³/mol. The zero-order chi connectivity index (χ0) is 16.7. The molecule has 0 aliphatic heterocycles. The maximum Gasteiger partial charge on any atom is 0.269 e. The van der Waals surface area contributed by atoms with Gasteiger partial charge in [-0.2, -0.15) is 0 Å². The van der Waals surface area contributed by atoms with Crippen molar-refractivity contribution in [3.05, 3.63) is 58.9 Å². The van der Waals surface area contributed by atoms with E-state index in [0.717, 1.165) is 24.2 Å². The van der Waals surface area contributed by atoms with E-state index >= 15 is 0 Å². The number of benzene rings is 1. The molecule has 2 aromatic rings. The fraction of sp³-hybridized carbons (Fsp3) is 0.333. The zero-order valence-electron chi connectivity index (χ0n) is 13.5. The Kier molecular flexibility index (Phi) is 6.41. The normalized spacial score (nSPS) is 10.6. The molecule has 0 unspecified atom stereocenters. The Morgan fingerprint density at radius 1 is 1.17 bits per heavy atom. The Bertz CT molecular complexity index is 624. The monoisotopic (exact) mass is 331 g/mol. The van der Waals surface area contributed by atoms with Crippen LogP contribution >= 0.6 is 11.6 Å². The summed E-state index contributed by atoms with van der Waals surface area (Å²) in [4.78, 5) is 16.3. The van der Waals surface area contributed by atoms with Crippen LogP contribution in [0.25, 0.3) is 0 Å². The summed E-state index contributed by atoms with van der Waals surface area (Å²) in [7, 11) is 0. The Morgan fingerprint density at radius 3 is 2.52 bits per heavy atom. The smallest absolute Gasteiger partial charge is 0.269 e. The molecule has 0 aliphatic rings. The van der Waals surface area contributed by atoms with Crippen LogP contribution in [0.15, 0.2) is 42.6 Å². The second-order valence-electron chi connectivity index (χ2n) is 5.84. The molecule has 122 valence electrons. The molecule has 1 amide bonds. The van der Waals surface area contributed by atoms with Gasteiger partial charge in [0.05, 0.1) is 11.9 Å². The third-order valence-corrected chi connectivity index (χ3v) is 3.58. The number of hydrogen-bond donors (Lipinski definition) is 2. The fourth-order valence-electron chi connectivity index (χ4n) is 2.02. The van der Waals surface area contributed by atoms with Gasteiger partial charge in [-0.3, -0.25) is 4.79 Å². The van der Waals surface area contributed by atoms with E-state index in [9.17, 15) is 4.79 Å². The number of hydrogen-bond acceptors (Lipinski definition) is 3. The van der Waals surface area contributed by atoms with E-state index in [1.165, 1.54) is 0 Å². The van der Waals surface area contributed by atoms with Crippen molar-refractivity contribution in [1.82, 2.24) is 10.3 Å². The summed E-state index contributed by atoms with van der Waals surface area (Å²) < 4.78 is 0. The van der Waals surface area contributed by atoms with Crippen molar-refractivity contribution in [2.45, 2.75) is 20.3 Å². The van der Waals surface area contributed by atoms with Gasteiger partial charge in [0, 0.05) is 18.1 Å². The molecule has 0 atom stereocenters. The Morgan fingerprint density at radius 2 is 1.91 bits per heavy atom. The van der Waals surface area contributed by atoms with Crippen LogP contribution in [0.3, 0.4) is 0 Å². The lowest BCUT2D eigenvalue weighted by molar-refractivity contribution is 0.0949. The lowest BCUT2D eigenvalue weighted by Crippen LogP contribution is -2.26. The number of anilines is 1. The summed E-state index contributed by atoms with van der Waals surface area (Å²) in [6.07, 6.45) is 2.45. The molecule has 4 nitrogen and oxygen atoms in total. The zero-order valence-corrected chi connectivity index (χ0v) is 14.2. The minimum Gasteiger partial charge on any atom is -0.384 e. The molecule has 2 rings (SSSR count). The van der Waals surface area contributed by atoms with E-state index in [1.807, 2.05) is 30.3 Å². The largest absolute Gasteiger partial charge is 0.384 e. The van der Waals surface area contributed by atoms with Crippen molar-refractivity contribution in [3.63, 3.8) is 0 Å². The second kappa shape index (κ2) is 8.53. The first-order valence-corrected chi connectivity index (χ1v) is 8.15. The number of amides is 1. The average molecular weight is 332 g/mol. The quantitative estimate of drug-likeness (QED) is 0.812. The minimum atomic E-state index is -0.158. The summed E-state index contributed by atoms with van der Waals surface area (Å²) in [6.45, 7) is 5.73. The number of pyridine rings is 1. The highest BCUT2D eigenvalue weighted by Gasteiger charge is 2.06. The number of aromatic nitrogens is 1. The Hall–Kier alpha value is -2.07. The highest BCUT2D eigenvalue weighted by molar-refractivity contribution is 6.30. The van der Waals surface area contributed by atoms with Gasteiger partial charge in [0.2, 0.25) is 0 Å². The Balaban J connectivity index is 1.80. The van der Waals surface area contributed by atoms with Crippen LogP contribution in [0.4, 0.5) is 5.69 Å². The van der Waals surface area contributed by atoms with Crippen LogP contribution in [0.2, 0.25) is 5.02 Å². The molecule has 0 radical (unpaired) electrons. The van der Waals surface area contributed by atoms with E-state index in [4.69, 9.17) is 11.6 Å². The van der Waals surface area contributed by atoms with Crippen molar-refractivity contribution in [1.29, 1.82) is 0 Å². The van der Waals surface area contributed by atoms with Crippen LogP contribution in [0, 0.1) is 5.92 Å². The SMILES string of the molecule is CC(C)CNc1ccc(C(=O)NCCc2ccc(Cl)cc2)nc1. The van der Waals surface area contributed by atoms with Crippen LogP contribution in [0.5, 0.6) is 0 Å². The van der Waals surface area contributed by atoms with Crippen molar-refractivity contribution in [2.75, 3.05) is 18.4 Å². The van der Waals surface area contributed by atoms with Gasteiger partial charge in [-0.1, -0.05) is 37.6 Å². The summed E-state index contributed by atoms with van der Waals surface area (Å²) in [5.74, 6) is 0.403. The van der Waals surface area contributed by atoms with E-state index in [2.05, 4.69) is 29.5 Å². The first kappa shape index (κ1) is 17.3. The summed E-state index contributed by atoms with van der Waals surface area (Å²) in [6, 6.07) is 11.2. The second-order valence-corrected chi connectivity index (χ2v) is 6.28. The van der Waals surface area contributed by atoms with Crippen molar-refractivity contribution >= 4 is 23.2 Å². The molecule has 1 aromatic carbocycles. The van der Waals surface area contributed by atoms with Gasteiger partial charge in [0.15, 0.2) is 0 Å². The molecule has 1 aromatic heterocycles. The highest BCUT2D eigenvalue weighted by atomic mass is 35.5. The van der Waals surface area contributed by atoms with Gasteiger partial charge in [-0.05, 0) is 42.2 Å². The lowest BCUT2D eigenvalue weighted by atomic mass is 10.1. The molecular formula is C18H22ClN3O. The molecule has 2 N–H and O–H groups in total. The molecule has 1 heterocycles. The highest BCUT2D eigenvalue weighted by Crippen LogP contribution is 2.10. The number of carbonyl (C=O) groups excluding carboxylic acids is 1. The summed E-state index contributed by atoms with van der Waals surface area (Å²) in [5.41, 5.74) is 2.49. The third-order valence-electron chi connectivity index (χ3n) is 3.32. The first-order chi connectivity index (χ1) is 11.0. The van der Waals surface area contributed by atoms with E-state index in [0.29, 0.717) is 23.2 Å². The third kappa shape index (κ3) is 5.91. The first-order valence-electron chi connectivity index (χ1n) is 7.77. The molecule has 0 saturated heterocycles.